The Labute approximate surface area is 136 Å². The summed E-state index contributed by atoms with van der Waals surface area (Å²) in [6, 6.07) is 11.2. The Hall–Kier alpha value is -2.54. The van der Waals surface area contributed by atoms with E-state index in [9.17, 15) is 14.5 Å². The average Bonchev–Trinajstić information content (AvgIpc) is 2.97. The summed E-state index contributed by atoms with van der Waals surface area (Å²) < 4.78 is 14.4. The van der Waals surface area contributed by atoms with Crippen LogP contribution < -0.4 is 4.90 Å². The molecule has 0 saturated carbocycles. The zero-order valence-corrected chi connectivity index (χ0v) is 13.4. The molecule has 118 valence electrons. The van der Waals surface area contributed by atoms with Crippen LogP contribution >= 0.6 is 11.3 Å². The monoisotopic (exact) mass is 331 g/mol. The maximum absolute atomic E-state index is 13.3. The van der Waals surface area contributed by atoms with Crippen LogP contribution in [0.25, 0.3) is 10.2 Å². The van der Waals surface area contributed by atoms with E-state index >= 15 is 0 Å². The molecule has 0 aliphatic rings. The Morgan fingerprint density at radius 1 is 1.30 bits per heavy atom. The number of thiazole rings is 1. The van der Waals surface area contributed by atoms with Crippen LogP contribution in [0.1, 0.15) is 18.0 Å². The van der Waals surface area contributed by atoms with Gasteiger partial charge in [-0.1, -0.05) is 12.1 Å². The molecule has 3 aromatic rings. The number of nitro benzene ring substituents is 1. The smallest absolute Gasteiger partial charge is 0.295 e. The Morgan fingerprint density at radius 2 is 2.04 bits per heavy atom. The molecule has 2 aromatic carbocycles. The Bertz CT molecular complexity index is 848. The van der Waals surface area contributed by atoms with Crippen molar-refractivity contribution >= 4 is 32.9 Å². The molecular weight excluding hydrogens is 317 g/mol. The van der Waals surface area contributed by atoms with Gasteiger partial charge in [-0.2, -0.15) is 0 Å². The van der Waals surface area contributed by atoms with Gasteiger partial charge in [0.15, 0.2) is 0 Å². The topological polar surface area (TPSA) is 59.3 Å². The van der Waals surface area contributed by atoms with Crippen molar-refractivity contribution in [2.45, 2.75) is 13.0 Å². The molecule has 0 radical (unpaired) electrons. The van der Waals surface area contributed by atoms with Gasteiger partial charge >= 0.3 is 0 Å². The van der Waals surface area contributed by atoms with Crippen LogP contribution in [0, 0.1) is 15.9 Å². The summed E-state index contributed by atoms with van der Waals surface area (Å²) in [4.78, 5) is 16.9. The van der Waals surface area contributed by atoms with Crippen LogP contribution in [0.3, 0.4) is 0 Å². The normalized spacial score (nSPS) is 12.3. The van der Waals surface area contributed by atoms with Gasteiger partial charge in [0.2, 0.25) is 0 Å². The van der Waals surface area contributed by atoms with E-state index in [1.54, 1.807) is 23.3 Å². The lowest BCUT2D eigenvalue weighted by atomic mass is 10.2. The number of benzene rings is 2. The average molecular weight is 331 g/mol. The lowest BCUT2D eigenvalue weighted by Crippen LogP contribution is -2.22. The van der Waals surface area contributed by atoms with Crippen molar-refractivity contribution in [2.24, 2.45) is 0 Å². The second-order valence-corrected chi connectivity index (χ2v) is 6.26. The summed E-state index contributed by atoms with van der Waals surface area (Å²) in [6.07, 6.45) is 0. The Kier molecular flexibility index (Phi) is 3.96. The molecule has 0 amide bonds. The van der Waals surface area contributed by atoms with E-state index in [-0.39, 0.29) is 11.7 Å². The third kappa shape index (κ3) is 2.87. The Balaban J connectivity index is 1.99. The quantitative estimate of drug-likeness (QED) is 0.520. The van der Waals surface area contributed by atoms with Gasteiger partial charge in [-0.25, -0.2) is 9.37 Å². The number of hydrogen-bond donors (Lipinski definition) is 0. The first-order valence-electron chi connectivity index (χ1n) is 6.99. The Morgan fingerprint density at radius 3 is 2.74 bits per heavy atom. The van der Waals surface area contributed by atoms with Crippen molar-refractivity contribution in [3.8, 4) is 0 Å². The molecule has 0 saturated heterocycles. The van der Waals surface area contributed by atoms with Crippen LogP contribution in [0.4, 0.5) is 15.8 Å². The van der Waals surface area contributed by atoms with E-state index in [4.69, 9.17) is 0 Å². The first-order chi connectivity index (χ1) is 11.0. The molecule has 3 rings (SSSR count). The van der Waals surface area contributed by atoms with Gasteiger partial charge in [0, 0.05) is 7.05 Å². The standard InChI is InChI=1S/C16H14FN3O2S/c1-10(16-18-12-5-3-4-6-15(12)23-16)19(2)13-8-7-11(17)9-14(13)20(21)22/h3-10H,1-2H3/t10-/m1/s1. The number of nitro groups is 1. The van der Waals surface area contributed by atoms with Gasteiger partial charge in [0.05, 0.1) is 27.2 Å². The van der Waals surface area contributed by atoms with Crippen molar-refractivity contribution in [1.82, 2.24) is 4.98 Å². The van der Waals surface area contributed by atoms with Gasteiger partial charge in [-0.15, -0.1) is 11.3 Å². The van der Waals surface area contributed by atoms with E-state index in [2.05, 4.69) is 4.98 Å². The third-order valence-corrected chi connectivity index (χ3v) is 4.97. The first-order valence-corrected chi connectivity index (χ1v) is 7.81. The predicted octanol–water partition coefficient (Wildman–Crippen LogP) is 4.54. The third-order valence-electron chi connectivity index (χ3n) is 3.76. The molecule has 0 spiro atoms. The van der Waals surface area contributed by atoms with Crippen molar-refractivity contribution in [1.29, 1.82) is 0 Å². The predicted molar refractivity (Wildman–Crippen MR) is 89.5 cm³/mol. The summed E-state index contributed by atoms with van der Waals surface area (Å²) in [7, 11) is 1.75. The van der Waals surface area contributed by atoms with Gasteiger partial charge in [0.1, 0.15) is 16.5 Å². The molecule has 0 aliphatic heterocycles. The van der Waals surface area contributed by atoms with E-state index in [1.165, 1.54) is 12.1 Å². The molecule has 0 aliphatic carbocycles. The number of rotatable bonds is 4. The molecule has 1 aromatic heterocycles. The minimum atomic E-state index is -0.624. The SMILES string of the molecule is C[C@H](c1nc2ccccc2s1)N(C)c1ccc(F)cc1[N+](=O)[O-]. The molecule has 0 fully saturated rings. The molecule has 0 unspecified atom stereocenters. The number of fused-ring (bicyclic) bond motifs is 1. The van der Waals surface area contributed by atoms with Crippen molar-refractivity contribution in [3.05, 3.63) is 63.4 Å². The molecule has 0 bridgehead atoms. The van der Waals surface area contributed by atoms with Crippen LogP contribution in [0.2, 0.25) is 0 Å². The van der Waals surface area contributed by atoms with Crippen molar-refractivity contribution < 1.29 is 9.31 Å². The van der Waals surface area contributed by atoms with Gasteiger partial charge < -0.3 is 4.90 Å². The minimum absolute atomic E-state index is 0.170. The summed E-state index contributed by atoms with van der Waals surface area (Å²) in [5, 5.41) is 12.0. The molecule has 0 N–H and O–H groups in total. The van der Waals surface area contributed by atoms with Crippen LogP contribution in [0.15, 0.2) is 42.5 Å². The zero-order valence-electron chi connectivity index (χ0n) is 12.6. The minimum Gasteiger partial charge on any atom is -0.360 e. The first kappa shape index (κ1) is 15.4. The summed E-state index contributed by atoms with van der Waals surface area (Å²) in [6.45, 7) is 1.92. The van der Waals surface area contributed by atoms with Crippen LogP contribution in [-0.2, 0) is 0 Å². The van der Waals surface area contributed by atoms with E-state index < -0.39 is 10.7 Å². The van der Waals surface area contributed by atoms with Gasteiger partial charge in [0.25, 0.3) is 5.69 Å². The van der Waals surface area contributed by atoms with Crippen molar-refractivity contribution in [2.75, 3.05) is 11.9 Å². The van der Waals surface area contributed by atoms with Crippen LogP contribution in [-0.4, -0.2) is 17.0 Å². The number of anilines is 1. The highest BCUT2D eigenvalue weighted by molar-refractivity contribution is 7.18. The highest BCUT2D eigenvalue weighted by Gasteiger charge is 2.24. The number of nitrogens with zero attached hydrogens (tertiary/aromatic N) is 3. The summed E-state index contributed by atoms with van der Waals surface area (Å²) >= 11 is 1.55. The fourth-order valence-electron chi connectivity index (χ4n) is 2.38. The van der Waals surface area contributed by atoms with Gasteiger partial charge in [-0.3, -0.25) is 10.1 Å². The van der Waals surface area contributed by atoms with Crippen LogP contribution in [0.5, 0.6) is 0 Å². The summed E-state index contributed by atoms with van der Waals surface area (Å²) in [5.41, 5.74) is 1.02. The van der Waals surface area contributed by atoms with E-state index in [0.717, 1.165) is 21.3 Å². The number of hydrogen-bond acceptors (Lipinski definition) is 5. The fraction of sp³-hybridized carbons (Fsp3) is 0.188. The highest BCUT2D eigenvalue weighted by Crippen LogP contribution is 2.35. The maximum Gasteiger partial charge on any atom is 0.295 e. The second kappa shape index (κ2) is 5.92. The molecule has 1 atom stereocenters. The number of para-hydroxylation sites is 1. The van der Waals surface area contributed by atoms with Gasteiger partial charge in [-0.05, 0) is 31.2 Å². The summed E-state index contributed by atoms with van der Waals surface area (Å²) in [5.74, 6) is -0.624. The lowest BCUT2D eigenvalue weighted by Gasteiger charge is -2.25. The molecule has 1 heterocycles. The highest BCUT2D eigenvalue weighted by atomic mass is 32.1. The second-order valence-electron chi connectivity index (χ2n) is 5.20. The molecule has 23 heavy (non-hydrogen) atoms. The molecule has 5 nitrogen and oxygen atoms in total. The lowest BCUT2D eigenvalue weighted by molar-refractivity contribution is -0.384. The van der Waals surface area contributed by atoms with E-state index in [1.807, 2.05) is 31.2 Å². The fourth-order valence-corrected chi connectivity index (χ4v) is 3.45. The molecule has 7 heteroatoms. The maximum atomic E-state index is 13.3. The zero-order chi connectivity index (χ0) is 16.6. The number of halogens is 1. The van der Waals surface area contributed by atoms with Crippen molar-refractivity contribution in [3.63, 3.8) is 0 Å². The largest absolute Gasteiger partial charge is 0.360 e. The number of aromatic nitrogens is 1. The van der Waals surface area contributed by atoms with E-state index in [0.29, 0.717) is 5.69 Å². The molecular formula is C16H14FN3O2S.